The lowest BCUT2D eigenvalue weighted by molar-refractivity contribution is -0.188. The van der Waals surface area contributed by atoms with Gasteiger partial charge in [0.2, 0.25) is 0 Å². The van der Waals surface area contributed by atoms with Gasteiger partial charge in [-0.3, -0.25) is 9.88 Å². The molecule has 1 aromatic carbocycles. The minimum Gasteiger partial charge on any atom is -0.789 e. The molecule has 1 N–H and O–H groups in total. The molecule has 0 fully saturated rings. The lowest BCUT2D eigenvalue weighted by atomic mass is 10.1. The second kappa shape index (κ2) is 8.61. The van der Waals surface area contributed by atoms with E-state index in [-0.39, 0.29) is 12.5 Å². The van der Waals surface area contributed by atoms with Gasteiger partial charge in [0, 0.05) is 0 Å². The summed E-state index contributed by atoms with van der Waals surface area (Å²) >= 11 is 4.95. The third kappa shape index (κ3) is 7.16. The number of methoxy groups -OCH3 is 1. The SMILES string of the molecule is COC(=O)C(CC(C)C)NP([O-])(=S)OCc1ccccc1. The first kappa shape index (κ1) is 18.3. The highest BCUT2D eigenvalue weighted by Crippen LogP contribution is 2.35. The summed E-state index contributed by atoms with van der Waals surface area (Å²) in [5, 5.41) is 2.62. The highest BCUT2D eigenvalue weighted by atomic mass is 32.5. The van der Waals surface area contributed by atoms with Crippen molar-refractivity contribution in [3.05, 3.63) is 35.9 Å². The van der Waals surface area contributed by atoms with Gasteiger partial charge in [0.05, 0.1) is 20.4 Å². The Balaban J connectivity index is 2.63. The molecular formula is C14H21NO4PS-. The summed E-state index contributed by atoms with van der Waals surface area (Å²) < 4.78 is 9.97. The van der Waals surface area contributed by atoms with Gasteiger partial charge in [-0.25, -0.2) is 0 Å². The van der Waals surface area contributed by atoms with Crippen molar-refractivity contribution in [2.45, 2.75) is 32.9 Å². The van der Waals surface area contributed by atoms with Crippen molar-refractivity contribution in [2.24, 2.45) is 5.92 Å². The van der Waals surface area contributed by atoms with Crippen molar-refractivity contribution in [2.75, 3.05) is 7.11 Å². The standard InChI is InChI=1S/C14H22NO4PS/c1-11(2)9-13(14(16)18-3)15-20(17,21)19-10-12-7-5-4-6-8-12/h4-8,11,13H,9-10H2,1-3H3,(H2,15,17,21)/p-1. The van der Waals surface area contributed by atoms with Crippen LogP contribution >= 0.6 is 6.64 Å². The summed E-state index contributed by atoms with van der Waals surface area (Å²) in [6.07, 6.45) is 0.474. The molecule has 0 saturated heterocycles. The molecule has 7 heteroatoms. The predicted octanol–water partition coefficient (Wildman–Crippen LogP) is 1.97. The fourth-order valence-corrected chi connectivity index (χ4v) is 3.30. The zero-order valence-corrected chi connectivity index (χ0v) is 14.2. The van der Waals surface area contributed by atoms with Crippen LogP contribution in [0.5, 0.6) is 0 Å². The van der Waals surface area contributed by atoms with E-state index in [4.69, 9.17) is 21.1 Å². The molecule has 0 aliphatic rings. The average Bonchev–Trinajstić information content (AvgIpc) is 2.44. The fraction of sp³-hybridized carbons (Fsp3) is 0.500. The molecule has 0 spiro atoms. The molecule has 0 bridgehead atoms. The van der Waals surface area contributed by atoms with Gasteiger partial charge in [0.15, 0.2) is 0 Å². The van der Waals surface area contributed by atoms with Gasteiger partial charge in [-0.15, -0.1) is 0 Å². The number of rotatable bonds is 8. The summed E-state index contributed by atoms with van der Waals surface area (Å²) in [5.74, 6) is -0.261. The highest BCUT2D eigenvalue weighted by Gasteiger charge is 2.23. The Morgan fingerprint density at radius 3 is 2.52 bits per heavy atom. The summed E-state index contributed by atoms with van der Waals surface area (Å²) in [6, 6.07) is 8.56. The van der Waals surface area contributed by atoms with Crippen LogP contribution in [0, 0.1) is 5.92 Å². The molecule has 2 atom stereocenters. The number of carbonyl (C=O) groups is 1. The van der Waals surface area contributed by atoms with Gasteiger partial charge in [-0.05, 0) is 17.9 Å². The summed E-state index contributed by atoms with van der Waals surface area (Å²) in [6.45, 7) is 0.534. The quantitative estimate of drug-likeness (QED) is 0.580. The normalized spacial score (nSPS) is 15.5. The number of carbonyl (C=O) groups excluding carboxylic acids is 1. The van der Waals surface area contributed by atoms with Crippen molar-refractivity contribution < 1.29 is 18.9 Å². The van der Waals surface area contributed by atoms with Gasteiger partial charge in [-0.2, -0.15) is 0 Å². The van der Waals surface area contributed by atoms with Crippen molar-refractivity contribution in [3.63, 3.8) is 0 Å². The Hall–Kier alpha value is -0.780. The summed E-state index contributed by atoms with van der Waals surface area (Å²) in [5.41, 5.74) is 0.864. The van der Waals surface area contributed by atoms with E-state index in [2.05, 4.69) is 5.09 Å². The Morgan fingerprint density at radius 1 is 1.38 bits per heavy atom. The van der Waals surface area contributed by atoms with Crippen LogP contribution in [0.1, 0.15) is 25.8 Å². The first-order valence-electron chi connectivity index (χ1n) is 6.69. The average molecular weight is 330 g/mol. The topological polar surface area (TPSA) is 70.6 Å². The molecule has 118 valence electrons. The molecule has 0 aliphatic heterocycles. The van der Waals surface area contributed by atoms with E-state index >= 15 is 0 Å². The molecule has 0 amide bonds. The Bertz CT molecular complexity index is 495. The van der Waals surface area contributed by atoms with Gasteiger partial charge < -0.3 is 14.2 Å². The smallest absolute Gasteiger partial charge is 0.323 e. The molecule has 1 aromatic rings. The van der Waals surface area contributed by atoms with Gasteiger partial charge in [0.25, 0.3) is 0 Å². The number of hydrogen-bond donors (Lipinski definition) is 1. The third-order valence-electron chi connectivity index (χ3n) is 2.75. The third-order valence-corrected chi connectivity index (χ3v) is 4.48. The number of benzene rings is 1. The van der Waals surface area contributed by atoms with E-state index in [1.807, 2.05) is 44.2 Å². The fourth-order valence-electron chi connectivity index (χ4n) is 1.78. The van der Waals surface area contributed by atoms with Crippen LogP contribution in [0.3, 0.4) is 0 Å². The van der Waals surface area contributed by atoms with Crippen LogP contribution in [-0.2, 0) is 32.5 Å². The largest absolute Gasteiger partial charge is 0.789 e. The van der Waals surface area contributed by atoms with Crippen LogP contribution in [0.15, 0.2) is 30.3 Å². The summed E-state index contributed by atoms with van der Waals surface area (Å²) in [7, 11) is 1.29. The van der Waals surface area contributed by atoms with Crippen molar-refractivity contribution in [1.29, 1.82) is 0 Å². The second-order valence-electron chi connectivity index (χ2n) is 5.09. The first-order valence-corrected chi connectivity index (χ1v) is 9.33. The van der Waals surface area contributed by atoms with Crippen LogP contribution in [-0.4, -0.2) is 19.1 Å². The monoisotopic (exact) mass is 330 g/mol. The molecule has 0 radical (unpaired) electrons. The minimum absolute atomic E-state index is 0.129. The molecule has 0 heterocycles. The molecular weight excluding hydrogens is 309 g/mol. The van der Waals surface area contributed by atoms with E-state index in [1.54, 1.807) is 0 Å². The van der Waals surface area contributed by atoms with Crippen molar-refractivity contribution in [3.8, 4) is 0 Å². The van der Waals surface area contributed by atoms with E-state index in [9.17, 15) is 9.69 Å². The van der Waals surface area contributed by atoms with Crippen molar-refractivity contribution in [1.82, 2.24) is 5.09 Å². The number of nitrogens with one attached hydrogen (secondary N) is 1. The maximum Gasteiger partial charge on any atom is 0.323 e. The zero-order valence-electron chi connectivity index (χ0n) is 12.4. The van der Waals surface area contributed by atoms with Gasteiger partial charge in [-0.1, -0.05) is 56.0 Å². The Labute approximate surface area is 130 Å². The predicted molar refractivity (Wildman–Crippen MR) is 83.9 cm³/mol. The molecule has 5 nitrogen and oxygen atoms in total. The summed E-state index contributed by atoms with van der Waals surface area (Å²) in [4.78, 5) is 24.0. The van der Waals surface area contributed by atoms with E-state index < -0.39 is 18.7 Å². The maximum atomic E-state index is 12.3. The maximum absolute atomic E-state index is 12.3. The zero-order chi connectivity index (χ0) is 15.9. The minimum atomic E-state index is -3.50. The van der Waals surface area contributed by atoms with Crippen LogP contribution in [0.4, 0.5) is 0 Å². The first-order chi connectivity index (χ1) is 9.84. The lowest BCUT2D eigenvalue weighted by Gasteiger charge is -2.32. The van der Waals surface area contributed by atoms with Gasteiger partial charge >= 0.3 is 5.97 Å². The van der Waals surface area contributed by atoms with Crippen LogP contribution in [0.25, 0.3) is 0 Å². The Kier molecular flexibility index (Phi) is 7.49. The van der Waals surface area contributed by atoms with E-state index in [0.29, 0.717) is 6.42 Å². The van der Waals surface area contributed by atoms with Crippen LogP contribution in [0.2, 0.25) is 0 Å². The van der Waals surface area contributed by atoms with E-state index in [0.717, 1.165) is 5.56 Å². The van der Waals surface area contributed by atoms with E-state index in [1.165, 1.54) is 7.11 Å². The molecule has 2 unspecified atom stereocenters. The molecule has 0 aromatic heterocycles. The van der Waals surface area contributed by atoms with Crippen LogP contribution < -0.4 is 9.98 Å². The number of ether oxygens (including phenoxy) is 1. The van der Waals surface area contributed by atoms with Crippen molar-refractivity contribution >= 4 is 24.4 Å². The molecule has 0 aliphatic carbocycles. The van der Waals surface area contributed by atoms with Gasteiger partial charge in [0.1, 0.15) is 6.04 Å². The molecule has 21 heavy (non-hydrogen) atoms. The number of esters is 1. The second-order valence-corrected chi connectivity index (χ2v) is 8.04. The molecule has 1 rings (SSSR count). The number of hydrogen-bond acceptors (Lipinski definition) is 5. The molecule has 0 saturated carbocycles. The lowest BCUT2D eigenvalue weighted by Crippen LogP contribution is -2.39. The Morgan fingerprint density at radius 2 is 2.00 bits per heavy atom. The highest BCUT2D eigenvalue weighted by molar-refractivity contribution is 8.07.